The van der Waals surface area contributed by atoms with Crippen molar-refractivity contribution in [3.8, 4) is 5.75 Å². The van der Waals surface area contributed by atoms with Gasteiger partial charge in [0.15, 0.2) is 0 Å². The molecular weight excluding hydrogens is 250 g/mol. The van der Waals surface area contributed by atoms with E-state index in [1.54, 1.807) is 19.5 Å². The lowest BCUT2D eigenvalue weighted by atomic mass is 10.1. The van der Waals surface area contributed by atoms with Crippen LogP contribution in [0.25, 0.3) is 0 Å². The van der Waals surface area contributed by atoms with Gasteiger partial charge in [-0.1, -0.05) is 18.2 Å². The SMILES string of the molecule is COc1ccccc1CCNC(C)Cc1cnccn1. The van der Waals surface area contributed by atoms with Crippen LogP contribution >= 0.6 is 0 Å². The molecule has 0 saturated carbocycles. The molecule has 0 bridgehead atoms. The highest BCUT2D eigenvalue weighted by Gasteiger charge is 2.05. The number of hydrogen-bond donors (Lipinski definition) is 1. The molecule has 1 unspecified atom stereocenters. The Hall–Kier alpha value is -1.94. The van der Waals surface area contributed by atoms with Gasteiger partial charge in [-0.25, -0.2) is 0 Å². The quantitative estimate of drug-likeness (QED) is 0.839. The van der Waals surface area contributed by atoms with Gasteiger partial charge in [0.05, 0.1) is 12.8 Å². The van der Waals surface area contributed by atoms with E-state index in [1.807, 2.05) is 24.4 Å². The summed E-state index contributed by atoms with van der Waals surface area (Å²) in [6.07, 6.45) is 7.09. The maximum atomic E-state index is 5.35. The summed E-state index contributed by atoms with van der Waals surface area (Å²) in [6, 6.07) is 8.51. The number of ether oxygens (including phenoxy) is 1. The Labute approximate surface area is 120 Å². The number of rotatable bonds is 7. The third-order valence-corrected chi connectivity index (χ3v) is 3.21. The molecule has 4 nitrogen and oxygen atoms in total. The van der Waals surface area contributed by atoms with Crippen molar-refractivity contribution < 1.29 is 4.74 Å². The first-order valence-electron chi connectivity index (χ1n) is 6.89. The molecule has 0 saturated heterocycles. The Kier molecular flexibility index (Phi) is 5.50. The molecule has 2 aromatic rings. The standard InChI is InChI=1S/C16H21N3O/c1-13(11-15-12-17-9-10-19-15)18-8-7-14-5-3-4-6-16(14)20-2/h3-6,9-10,12-13,18H,7-8,11H2,1-2H3. The van der Waals surface area contributed by atoms with Crippen LogP contribution in [-0.4, -0.2) is 29.7 Å². The van der Waals surface area contributed by atoms with Crippen LogP contribution in [0.3, 0.4) is 0 Å². The van der Waals surface area contributed by atoms with Crippen molar-refractivity contribution in [3.05, 3.63) is 54.1 Å². The topological polar surface area (TPSA) is 47.0 Å². The van der Waals surface area contributed by atoms with E-state index in [-0.39, 0.29) is 0 Å². The Morgan fingerprint density at radius 1 is 1.25 bits per heavy atom. The van der Waals surface area contributed by atoms with Gasteiger partial charge >= 0.3 is 0 Å². The van der Waals surface area contributed by atoms with Crippen molar-refractivity contribution in [3.63, 3.8) is 0 Å². The second-order valence-corrected chi connectivity index (χ2v) is 4.82. The van der Waals surface area contributed by atoms with E-state index in [9.17, 15) is 0 Å². The van der Waals surface area contributed by atoms with Gasteiger partial charge in [0.1, 0.15) is 5.75 Å². The fraction of sp³-hybridized carbons (Fsp3) is 0.375. The Morgan fingerprint density at radius 3 is 2.85 bits per heavy atom. The summed E-state index contributed by atoms with van der Waals surface area (Å²) in [5.74, 6) is 0.955. The van der Waals surface area contributed by atoms with Crippen LogP contribution in [-0.2, 0) is 12.8 Å². The van der Waals surface area contributed by atoms with Crippen LogP contribution in [0.2, 0.25) is 0 Å². The molecule has 1 atom stereocenters. The van der Waals surface area contributed by atoms with E-state index in [0.717, 1.165) is 30.8 Å². The number of nitrogens with one attached hydrogen (secondary N) is 1. The first-order chi connectivity index (χ1) is 9.79. The van der Waals surface area contributed by atoms with E-state index < -0.39 is 0 Å². The Balaban J connectivity index is 1.78. The van der Waals surface area contributed by atoms with Crippen LogP contribution in [0.5, 0.6) is 5.75 Å². The maximum absolute atomic E-state index is 5.35. The van der Waals surface area contributed by atoms with Crippen molar-refractivity contribution in [2.24, 2.45) is 0 Å². The van der Waals surface area contributed by atoms with E-state index in [2.05, 4.69) is 28.3 Å². The Bertz CT molecular complexity index is 516. The lowest BCUT2D eigenvalue weighted by Gasteiger charge is -2.14. The van der Waals surface area contributed by atoms with Crippen LogP contribution in [0.1, 0.15) is 18.2 Å². The number of benzene rings is 1. The first-order valence-corrected chi connectivity index (χ1v) is 6.89. The molecule has 1 aromatic heterocycles. The lowest BCUT2D eigenvalue weighted by molar-refractivity contribution is 0.408. The molecule has 0 aliphatic carbocycles. The molecule has 0 amide bonds. The minimum atomic E-state index is 0.376. The average Bonchev–Trinajstić information content (AvgIpc) is 2.49. The molecule has 20 heavy (non-hydrogen) atoms. The van der Waals surface area contributed by atoms with Crippen LogP contribution in [0, 0.1) is 0 Å². The molecule has 106 valence electrons. The highest BCUT2D eigenvalue weighted by atomic mass is 16.5. The maximum Gasteiger partial charge on any atom is 0.122 e. The van der Waals surface area contributed by atoms with Crippen molar-refractivity contribution in [2.75, 3.05) is 13.7 Å². The summed E-state index contributed by atoms with van der Waals surface area (Å²) in [6.45, 7) is 3.08. The predicted octanol–water partition coefficient (Wildman–Crippen LogP) is 2.25. The van der Waals surface area contributed by atoms with E-state index >= 15 is 0 Å². The Morgan fingerprint density at radius 2 is 2.10 bits per heavy atom. The second kappa shape index (κ2) is 7.60. The third-order valence-electron chi connectivity index (χ3n) is 3.21. The number of aromatic nitrogens is 2. The van der Waals surface area contributed by atoms with Gasteiger partial charge < -0.3 is 10.1 Å². The normalized spacial score (nSPS) is 12.1. The molecule has 1 N–H and O–H groups in total. The van der Waals surface area contributed by atoms with Crippen LogP contribution < -0.4 is 10.1 Å². The molecular formula is C16H21N3O. The largest absolute Gasteiger partial charge is 0.496 e. The van der Waals surface area contributed by atoms with Gasteiger partial charge in [-0.2, -0.15) is 0 Å². The van der Waals surface area contributed by atoms with E-state index in [1.165, 1.54) is 5.56 Å². The second-order valence-electron chi connectivity index (χ2n) is 4.82. The zero-order valence-corrected chi connectivity index (χ0v) is 12.0. The third kappa shape index (κ3) is 4.31. The summed E-state index contributed by atoms with van der Waals surface area (Å²) in [5, 5.41) is 3.51. The number of hydrogen-bond acceptors (Lipinski definition) is 4. The molecule has 0 spiro atoms. The van der Waals surface area contributed by atoms with Crippen molar-refractivity contribution in [1.29, 1.82) is 0 Å². The lowest BCUT2D eigenvalue weighted by Crippen LogP contribution is -2.30. The van der Waals surface area contributed by atoms with Gasteiger partial charge in [-0.3, -0.25) is 9.97 Å². The molecule has 1 aromatic carbocycles. The van der Waals surface area contributed by atoms with Crippen LogP contribution in [0.15, 0.2) is 42.9 Å². The fourth-order valence-corrected chi connectivity index (χ4v) is 2.18. The van der Waals surface area contributed by atoms with Gasteiger partial charge in [0.2, 0.25) is 0 Å². The highest BCUT2D eigenvalue weighted by molar-refractivity contribution is 5.33. The smallest absolute Gasteiger partial charge is 0.122 e. The minimum absolute atomic E-state index is 0.376. The molecule has 0 fully saturated rings. The molecule has 0 radical (unpaired) electrons. The average molecular weight is 271 g/mol. The molecule has 4 heteroatoms. The van der Waals surface area contributed by atoms with Crippen molar-refractivity contribution in [1.82, 2.24) is 15.3 Å². The molecule has 0 aliphatic heterocycles. The zero-order valence-electron chi connectivity index (χ0n) is 12.0. The van der Waals surface area contributed by atoms with Crippen molar-refractivity contribution >= 4 is 0 Å². The minimum Gasteiger partial charge on any atom is -0.496 e. The summed E-state index contributed by atoms with van der Waals surface area (Å²) >= 11 is 0. The summed E-state index contributed by atoms with van der Waals surface area (Å²) in [5.41, 5.74) is 2.25. The van der Waals surface area contributed by atoms with Gasteiger partial charge in [0.25, 0.3) is 0 Å². The highest BCUT2D eigenvalue weighted by Crippen LogP contribution is 2.17. The van der Waals surface area contributed by atoms with Crippen LogP contribution in [0.4, 0.5) is 0 Å². The van der Waals surface area contributed by atoms with E-state index in [0.29, 0.717) is 6.04 Å². The molecule has 1 heterocycles. The van der Waals surface area contributed by atoms with Crippen molar-refractivity contribution in [2.45, 2.75) is 25.8 Å². The summed E-state index contributed by atoms with van der Waals surface area (Å²) in [7, 11) is 1.71. The van der Waals surface area contributed by atoms with Gasteiger partial charge in [0, 0.05) is 31.1 Å². The summed E-state index contributed by atoms with van der Waals surface area (Å²) < 4.78 is 5.35. The number of nitrogens with zero attached hydrogens (tertiary/aromatic N) is 2. The molecule has 2 rings (SSSR count). The monoisotopic (exact) mass is 271 g/mol. The van der Waals surface area contributed by atoms with Gasteiger partial charge in [-0.15, -0.1) is 0 Å². The predicted molar refractivity (Wildman–Crippen MR) is 79.9 cm³/mol. The zero-order chi connectivity index (χ0) is 14.2. The summed E-state index contributed by atoms with van der Waals surface area (Å²) in [4.78, 5) is 8.37. The number of para-hydroxylation sites is 1. The first kappa shape index (κ1) is 14.5. The number of methoxy groups -OCH3 is 1. The van der Waals surface area contributed by atoms with E-state index in [4.69, 9.17) is 4.74 Å². The van der Waals surface area contributed by atoms with Gasteiger partial charge in [-0.05, 0) is 31.5 Å². The fourth-order valence-electron chi connectivity index (χ4n) is 2.18. The molecule has 0 aliphatic rings.